The van der Waals surface area contributed by atoms with E-state index in [1.54, 1.807) is 12.1 Å². The molecule has 3 saturated heterocycles. The fourth-order valence-corrected chi connectivity index (χ4v) is 11.8. The quantitative estimate of drug-likeness (QED) is 0.0293. The number of nitrogens with zero attached hydrogens (tertiary/aromatic N) is 3. The number of ether oxygens (including phenoxy) is 5. The van der Waals surface area contributed by atoms with E-state index in [0.717, 1.165) is 32.1 Å². The maximum atomic E-state index is 13.3. The summed E-state index contributed by atoms with van der Waals surface area (Å²) in [4.78, 5) is 134. The third kappa shape index (κ3) is 22.7. The fraction of sp³-hybridized carbons (Fsp3) is 0.338. The molecule has 3 fully saturated rings. The molecule has 0 aromatic heterocycles. The summed E-state index contributed by atoms with van der Waals surface area (Å²) in [6.07, 6.45) is -42.8. The minimum atomic E-state index is -5.15. The first kappa shape index (κ1) is 93.0. The number of nitrogen functional groups attached to an aromatic ring is 1. The number of morpholine rings is 3. The molecule has 8 amide bonds. The van der Waals surface area contributed by atoms with Gasteiger partial charge in [0.25, 0.3) is 47.3 Å². The first-order chi connectivity index (χ1) is 54.4. The molecule has 47 heteroatoms. The van der Waals surface area contributed by atoms with Crippen molar-refractivity contribution < 1.29 is 171 Å². The van der Waals surface area contributed by atoms with E-state index in [4.69, 9.17) is 34.9 Å². The second-order valence-corrected chi connectivity index (χ2v) is 25.2. The zero-order valence-corrected chi connectivity index (χ0v) is 60.5. The molecular weight excluding hydrogens is 1640 g/mol. The molecule has 0 saturated carbocycles. The molecule has 0 bridgehead atoms. The monoisotopic (exact) mass is 1700 g/mol. The number of carbonyl (C=O) groups is 11. The Kier molecular flexibility index (Phi) is 29.1. The summed E-state index contributed by atoms with van der Waals surface area (Å²) >= 11 is 0. The highest BCUT2D eigenvalue weighted by Crippen LogP contribution is 2.43. The number of aliphatic hydroxyl groups is 2. The smallest absolute Gasteiger partial charge is 0.416 e. The van der Waals surface area contributed by atoms with E-state index in [1.807, 2.05) is 6.07 Å². The van der Waals surface area contributed by atoms with Gasteiger partial charge in [0.05, 0.1) is 53.2 Å². The number of aliphatic hydroxyl groups excluding tert-OH is 2. The van der Waals surface area contributed by atoms with Crippen LogP contribution in [0.4, 0.5) is 113 Å². The van der Waals surface area contributed by atoms with Gasteiger partial charge in [-0.3, -0.25) is 47.9 Å². The van der Waals surface area contributed by atoms with Crippen LogP contribution in [0, 0.1) is 0 Å². The van der Waals surface area contributed by atoms with Gasteiger partial charge in [0, 0.05) is 111 Å². The molecule has 6 aromatic rings. The molecular formula is C71H64F18N10O19. The number of fused-ring (bicyclic) bond motifs is 3. The lowest BCUT2D eigenvalue weighted by atomic mass is 10.0. The number of halogens is 18. The largest absolute Gasteiger partial charge is 0.478 e. The van der Waals surface area contributed by atoms with Crippen LogP contribution in [0.3, 0.4) is 0 Å². The van der Waals surface area contributed by atoms with Crippen molar-refractivity contribution in [3.05, 3.63) is 176 Å². The molecule has 0 spiro atoms. The van der Waals surface area contributed by atoms with Crippen LogP contribution in [0.2, 0.25) is 0 Å². The summed E-state index contributed by atoms with van der Waals surface area (Å²) in [7, 11) is 1.00. The predicted octanol–water partition coefficient (Wildman–Crippen LogP) is 8.72. The molecule has 638 valence electrons. The van der Waals surface area contributed by atoms with Crippen LogP contribution >= 0.6 is 0 Å². The molecule has 0 unspecified atom stereocenters. The zero-order chi connectivity index (χ0) is 87.1. The number of aliphatic carboxylic acids is 1. The first-order valence-corrected chi connectivity index (χ1v) is 33.4. The number of hydrogen-bond acceptors (Lipinski definition) is 20. The van der Waals surface area contributed by atoms with E-state index in [0.29, 0.717) is 85.6 Å². The Morgan fingerprint density at radius 3 is 1.03 bits per heavy atom. The number of carboxylic acids is 1. The van der Waals surface area contributed by atoms with Crippen LogP contribution in [0.5, 0.6) is 0 Å². The maximum Gasteiger partial charge on any atom is 0.416 e. The summed E-state index contributed by atoms with van der Waals surface area (Å²) in [6, 6.07) is 15.8. The van der Waals surface area contributed by atoms with Crippen LogP contribution in [0.15, 0.2) is 109 Å². The van der Waals surface area contributed by atoms with Crippen molar-refractivity contribution in [3.8, 4) is 0 Å². The summed E-state index contributed by atoms with van der Waals surface area (Å²) in [5, 5.41) is 39.2. The number of carboxylic acid groups (broad SMARTS) is 1. The highest BCUT2D eigenvalue weighted by molar-refractivity contribution is 6.07. The summed E-state index contributed by atoms with van der Waals surface area (Å²) < 4.78 is 262. The molecule has 6 atom stereocenters. The molecule has 6 aliphatic rings. The molecule has 12 rings (SSSR count). The molecule has 13 N–H and O–H groups in total. The van der Waals surface area contributed by atoms with E-state index in [1.165, 1.54) is 36.4 Å². The van der Waals surface area contributed by atoms with E-state index >= 15 is 0 Å². The third-order valence-corrected chi connectivity index (χ3v) is 17.1. The summed E-state index contributed by atoms with van der Waals surface area (Å²) in [5.41, 5.74) is -1.74. The van der Waals surface area contributed by atoms with Gasteiger partial charge in [0.2, 0.25) is 12.2 Å². The molecule has 29 nitrogen and oxygen atoms in total. The first-order valence-electron chi connectivity index (χ1n) is 33.4. The van der Waals surface area contributed by atoms with Crippen molar-refractivity contribution >= 4 is 99.3 Å². The summed E-state index contributed by atoms with van der Waals surface area (Å²) in [5.74, 6) is -10.3. The van der Waals surface area contributed by atoms with E-state index in [-0.39, 0.29) is 73.1 Å². The van der Waals surface area contributed by atoms with Crippen LogP contribution < -0.4 is 53.2 Å². The second-order valence-electron chi connectivity index (χ2n) is 25.2. The van der Waals surface area contributed by atoms with Gasteiger partial charge in [0.1, 0.15) is 0 Å². The van der Waals surface area contributed by atoms with Crippen molar-refractivity contribution in [3.63, 3.8) is 0 Å². The molecule has 0 aliphatic carbocycles. The van der Waals surface area contributed by atoms with Gasteiger partial charge >= 0.3 is 55.0 Å². The minimum absolute atomic E-state index is 0. The molecule has 0 radical (unpaired) electrons. The molecule has 6 heterocycles. The molecule has 6 aliphatic heterocycles. The van der Waals surface area contributed by atoms with E-state index in [9.17, 15) is 137 Å². The highest BCUT2D eigenvalue weighted by atomic mass is 19.4. The lowest BCUT2D eigenvalue weighted by Crippen LogP contribution is -2.56. The number of benzene rings is 6. The number of rotatable bonds is 13. The second kappa shape index (κ2) is 36.9. The lowest BCUT2D eigenvalue weighted by Gasteiger charge is -2.35. The number of alkyl halides is 18. The standard InChI is InChI=1S/C24H19F6N3O6.C22H17F6N3O5.C16H13F6NO6.C8H8N2O.CH4O.H3N/c1-11(34)39-18(21(36)32-15-2-3-17-12(6-15)10-31-20(17)35)19-22(37)33(4-5-38-19)16-8-13(23(25,26)27)7-14(9-16)24(28,29)30;23-21(24,25)11-6-12(22(26,27)28)8-14(7-11)31-3-4-36-17(20(31)35)16(32)19(34)30-13-1-2-15-10(5-13)9-29-18(15)33;1-7(24)29-12(14(26)27)11-13(25)23(2-3-28-11)10-5-8(15(17,18)19)4-9(6-10)16(20,21)22;9-6-1-2-7-5(3-6)4-10-8(7)11;1-2;/h2-3,6-9,18-19H,4-5,10H2,1H3,(H,31,35)(H,32,36);1-2,5-8,16-17,32H,3-4,9H2,(H,29,33)(H,30,34);4-6,11-12H,2-3H2,1H3,(H,26,27);1-3H,4,9H2,(H,10,11);2H,1H3;1H3/t18-,19-;16-,17-;11-,12-;;;/m111.../s1. The Balaban J connectivity index is 0.000000227. The van der Waals surface area contributed by atoms with Crippen molar-refractivity contribution in [2.24, 2.45) is 0 Å². The van der Waals surface area contributed by atoms with Gasteiger partial charge in [-0.05, 0) is 126 Å². The van der Waals surface area contributed by atoms with Crippen LogP contribution in [-0.4, -0.2) is 164 Å². The maximum absolute atomic E-state index is 13.3. The van der Waals surface area contributed by atoms with Gasteiger partial charge < -0.3 is 92.2 Å². The Labute approximate surface area is 651 Å². The van der Waals surface area contributed by atoms with E-state index in [2.05, 4.69) is 31.3 Å². The zero-order valence-electron chi connectivity index (χ0n) is 60.5. The lowest BCUT2D eigenvalue weighted by molar-refractivity contribution is -0.177. The normalized spacial score (nSPS) is 18.0. The van der Waals surface area contributed by atoms with Crippen LogP contribution in [-0.2, 0) is 119 Å². The number of nitrogens with two attached hydrogens (primary N) is 1. The van der Waals surface area contributed by atoms with E-state index < -0.39 is 204 Å². The summed E-state index contributed by atoms with van der Waals surface area (Å²) in [6.45, 7) is 0.333. The minimum Gasteiger partial charge on any atom is -0.478 e. The number of carbonyl (C=O) groups excluding carboxylic acids is 10. The predicted molar refractivity (Wildman–Crippen MR) is 368 cm³/mol. The van der Waals surface area contributed by atoms with Gasteiger partial charge in [-0.15, -0.1) is 0 Å². The average molecular weight is 1700 g/mol. The Morgan fingerprint density at radius 2 is 0.712 bits per heavy atom. The Bertz CT molecular complexity index is 4750. The van der Waals surface area contributed by atoms with Crippen molar-refractivity contribution in [2.75, 3.05) is 77.6 Å². The average Bonchev–Trinajstić information content (AvgIpc) is 1.59. The highest BCUT2D eigenvalue weighted by Gasteiger charge is 2.49. The number of hydrogen-bond donors (Lipinski definition) is 10. The SMILES string of the molecule is CC(=O)O[C@@H](C(=O)Nc1ccc2c(c1)CNC2=O)[C@H]1OCCN(c2cc(C(F)(F)F)cc(C(F)(F)F)c2)C1=O.CC(=O)O[C@@H](C(=O)O)[C@H]1OCCN(c2cc(C(F)(F)F)cc(C(F)(F)F)c2)C1=O.CO.N.Nc1ccc2c(c1)CNC2=O.O=C1NCc2cc(NC(=O)[C@H](O)[C@H]3OCCN(c4cc(C(F)(F)F)cc(C(F)(F)F)c4)C3=O)ccc21. The Hall–Kier alpha value is -12.2. The van der Waals surface area contributed by atoms with Crippen LogP contribution in [0.25, 0.3) is 0 Å². The van der Waals surface area contributed by atoms with Gasteiger partial charge in [0.15, 0.2) is 24.4 Å². The van der Waals surface area contributed by atoms with Gasteiger partial charge in [-0.1, -0.05) is 0 Å². The third-order valence-electron chi connectivity index (χ3n) is 17.1. The van der Waals surface area contributed by atoms with Crippen molar-refractivity contribution in [2.45, 2.75) is 107 Å². The topological polar surface area (TPSA) is 425 Å². The molecule has 6 aromatic carbocycles. The Morgan fingerprint density at radius 1 is 0.432 bits per heavy atom. The number of esters is 2. The van der Waals surface area contributed by atoms with Crippen molar-refractivity contribution in [1.82, 2.24) is 22.1 Å². The van der Waals surface area contributed by atoms with Gasteiger partial charge in [-0.25, -0.2) is 4.79 Å². The molecule has 118 heavy (non-hydrogen) atoms. The van der Waals surface area contributed by atoms with Crippen LogP contribution in [0.1, 0.15) is 95.0 Å². The van der Waals surface area contributed by atoms with Crippen molar-refractivity contribution in [1.29, 1.82) is 0 Å². The number of anilines is 6. The fourth-order valence-electron chi connectivity index (χ4n) is 11.8. The number of nitrogens with one attached hydrogen (secondary N) is 5. The van der Waals surface area contributed by atoms with Gasteiger partial charge in [-0.2, -0.15) is 79.0 Å². The number of amides is 8.